The molecule has 1 aromatic rings. The van der Waals surface area contributed by atoms with Gasteiger partial charge in [-0.2, -0.15) is 0 Å². The predicted octanol–water partition coefficient (Wildman–Crippen LogP) is 2.72. The van der Waals surface area contributed by atoms with E-state index in [2.05, 4.69) is 27.5 Å². The summed E-state index contributed by atoms with van der Waals surface area (Å²) in [4.78, 5) is 23.4. The van der Waals surface area contributed by atoms with Crippen molar-refractivity contribution in [3.8, 4) is 5.88 Å². The number of nitrogens with one attached hydrogen (secondary N) is 2. The molecule has 0 spiro atoms. The summed E-state index contributed by atoms with van der Waals surface area (Å²) >= 11 is 0. The van der Waals surface area contributed by atoms with Crippen molar-refractivity contribution in [3.63, 3.8) is 0 Å². The lowest BCUT2D eigenvalue weighted by molar-refractivity contribution is -0.135. The van der Waals surface area contributed by atoms with Crippen LogP contribution in [0.3, 0.4) is 0 Å². The molecule has 1 saturated heterocycles. The number of likely N-dealkylation sites (tertiary alicyclic amines) is 1. The van der Waals surface area contributed by atoms with Crippen molar-refractivity contribution in [2.24, 2.45) is 10.9 Å². The molecule has 7 heteroatoms. The first-order valence-corrected chi connectivity index (χ1v) is 11.0. The standard InChI is InChI=1S/C22H35N5O2/c1-3-13-29-20-10-9-17(14-24-20)15-25-22(23-2)26-19-11-12-27(16-19)21(28)18-7-5-4-6-8-18/h9-10,14,18-19H,3-8,11-13,15-16H2,1-2H3,(H2,23,25,26). The molecule has 1 aliphatic carbocycles. The molecule has 1 atom stereocenters. The maximum Gasteiger partial charge on any atom is 0.225 e. The Balaban J connectivity index is 1.42. The van der Waals surface area contributed by atoms with Crippen LogP contribution in [-0.4, -0.2) is 54.5 Å². The molecule has 1 saturated carbocycles. The van der Waals surface area contributed by atoms with Gasteiger partial charge in [0.25, 0.3) is 0 Å². The molecule has 2 aliphatic rings. The molecule has 0 radical (unpaired) electrons. The number of ether oxygens (including phenoxy) is 1. The van der Waals surface area contributed by atoms with Crippen LogP contribution < -0.4 is 15.4 Å². The summed E-state index contributed by atoms with van der Waals surface area (Å²) in [5.74, 6) is 2.02. The van der Waals surface area contributed by atoms with E-state index in [1.54, 1.807) is 7.05 Å². The van der Waals surface area contributed by atoms with Gasteiger partial charge in [-0.15, -0.1) is 0 Å². The lowest BCUT2D eigenvalue weighted by Crippen LogP contribution is -2.45. The van der Waals surface area contributed by atoms with Crippen LogP contribution in [-0.2, 0) is 11.3 Å². The van der Waals surface area contributed by atoms with Crippen LogP contribution in [0.1, 0.15) is 57.4 Å². The molecular weight excluding hydrogens is 366 g/mol. The second kappa shape index (κ2) is 11.0. The van der Waals surface area contributed by atoms with Gasteiger partial charge < -0.3 is 20.3 Å². The molecule has 1 aromatic heterocycles. The van der Waals surface area contributed by atoms with Gasteiger partial charge in [0.1, 0.15) is 0 Å². The number of guanidine groups is 1. The van der Waals surface area contributed by atoms with Crippen LogP contribution in [0.25, 0.3) is 0 Å². The number of pyridine rings is 1. The molecule has 2 N–H and O–H groups in total. The highest BCUT2D eigenvalue weighted by Crippen LogP contribution is 2.26. The molecule has 1 amide bonds. The van der Waals surface area contributed by atoms with E-state index in [0.29, 0.717) is 24.9 Å². The number of rotatable bonds is 7. The summed E-state index contributed by atoms with van der Waals surface area (Å²) in [7, 11) is 1.77. The number of nitrogens with zero attached hydrogens (tertiary/aromatic N) is 3. The zero-order valence-electron chi connectivity index (χ0n) is 17.8. The third kappa shape index (κ3) is 6.34. The lowest BCUT2D eigenvalue weighted by Gasteiger charge is -2.26. The summed E-state index contributed by atoms with van der Waals surface area (Å²) in [6.45, 7) is 5.00. The Bertz CT molecular complexity index is 670. The fourth-order valence-corrected chi connectivity index (χ4v) is 4.07. The Morgan fingerprint density at radius 1 is 1.28 bits per heavy atom. The Hall–Kier alpha value is -2.31. The normalized spacial score (nSPS) is 20.6. The van der Waals surface area contributed by atoms with Crippen LogP contribution in [0.15, 0.2) is 23.3 Å². The number of aromatic nitrogens is 1. The third-order valence-electron chi connectivity index (χ3n) is 5.73. The van der Waals surface area contributed by atoms with Gasteiger partial charge in [-0.25, -0.2) is 4.98 Å². The molecule has 2 fully saturated rings. The highest BCUT2D eigenvalue weighted by molar-refractivity contribution is 5.81. The lowest BCUT2D eigenvalue weighted by atomic mass is 9.88. The van der Waals surface area contributed by atoms with E-state index < -0.39 is 0 Å². The van der Waals surface area contributed by atoms with Crippen LogP contribution in [0, 0.1) is 5.92 Å². The van der Waals surface area contributed by atoms with E-state index in [4.69, 9.17) is 4.74 Å². The first-order chi connectivity index (χ1) is 14.2. The van der Waals surface area contributed by atoms with E-state index in [1.807, 2.05) is 23.2 Å². The topological polar surface area (TPSA) is 78.9 Å². The van der Waals surface area contributed by atoms with Crippen molar-refractivity contribution < 1.29 is 9.53 Å². The SMILES string of the molecule is CCCOc1ccc(CNC(=NC)NC2CCN(C(=O)C3CCCCC3)C2)cn1. The number of hydrogen-bond acceptors (Lipinski definition) is 4. The first kappa shape index (κ1) is 21.4. The van der Waals surface area contributed by atoms with E-state index in [1.165, 1.54) is 19.3 Å². The minimum Gasteiger partial charge on any atom is -0.478 e. The zero-order chi connectivity index (χ0) is 20.5. The Labute approximate surface area is 174 Å². The number of aliphatic imine (C=N–C) groups is 1. The molecule has 160 valence electrons. The molecule has 0 bridgehead atoms. The minimum absolute atomic E-state index is 0.247. The first-order valence-electron chi connectivity index (χ1n) is 11.0. The van der Waals surface area contributed by atoms with Gasteiger partial charge in [0, 0.05) is 50.9 Å². The Morgan fingerprint density at radius 2 is 2.10 bits per heavy atom. The molecule has 7 nitrogen and oxygen atoms in total. The Kier molecular flexibility index (Phi) is 8.14. The van der Waals surface area contributed by atoms with Crippen molar-refractivity contribution in [2.45, 2.75) is 64.5 Å². The van der Waals surface area contributed by atoms with Gasteiger partial charge in [0.05, 0.1) is 6.61 Å². The van der Waals surface area contributed by atoms with Gasteiger partial charge in [0.2, 0.25) is 11.8 Å². The maximum absolute atomic E-state index is 12.7. The molecule has 2 heterocycles. The average Bonchev–Trinajstić information content (AvgIpc) is 3.24. The quantitative estimate of drug-likeness (QED) is 0.543. The summed E-state index contributed by atoms with van der Waals surface area (Å²) in [5, 5.41) is 6.80. The van der Waals surface area contributed by atoms with Crippen LogP contribution in [0.4, 0.5) is 0 Å². The highest BCUT2D eigenvalue weighted by Gasteiger charge is 2.31. The van der Waals surface area contributed by atoms with Gasteiger partial charge in [-0.3, -0.25) is 9.79 Å². The van der Waals surface area contributed by atoms with Gasteiger partial charge in [-0.1, -0.05) is 32.3 Å². The molecule has 1 unspecified atom stereocenters. The van der Waals surface area contributed by atoms with Crippen molar-refractivity contribution in [1.29, 1.82) is 0 Å². The third-order valence-corrected chi connectivity index (χ3v) is 5.73. The molecule has 1 aliphatic heterocycles. The van der Waals surface area contributed by atoms with Crippen molar-refractivity contribution in [2.75, 3.05) is 26.7 Å². The second-order valence-electron chi connectivity index (χ2n) is 8.03. The smallest absolute Gasteiger partial charge is 0.225 e. The number of carbonyl (C=O) groups excluding carboxylic acids is 1. The summed E-state index contributed by atoms with van der Waals surface area (Å²) in [6, 6.07) is 4.16. The van der Waals surface area contributed by atoms with E-state index in [0.717, 1.165) is 50.3 Å². The molecular formula is C22H35N5O2. The maximum atomic E-state index is 12.7. The van der Waals surface area contributed by atoms with Crippen molar-refractivity contribution >= 4 is 11.9 Å². The van der Waals surface area contributed by atoms with Crippen LogP contribution >= 0.6 is 0 Å². The van der Waals surface area contributed by atoms with Gasteiger partial charge in [0.15, 0.2) is 5.96 Å². The van der Waals surface area contributed by atoms with E-state index in [9.17, 15) is 4.79 Å². The van der Waals surface area contributed by atoms with Gasteiger partial charge in [-0.05, 0) is 31.2 Å². The summed E-state index contributed by atoms with van der Waals surface area (Å²) in [6.07, 6.45) is 9.55. The molecule has 0 aromatic carbocycles. The number of amides is 1. The predicted molar refractivity (Wildman–Crippen MR) is 115 cm³/mol. The van der Waals surface area contributed by atoms with E-state index in [-0.39, 0.29) is 12.0 Å². The highest BCUT2D eigenvalue weighted by atomic mass is 16.5. The summed E-state index contributed by atoms with van der Waals surface area (Å²) in [5.41, 5.74) is 1.07. The average molecular weight is 402 g/mol. The molecule has 29 heavy (non-hydrogen) atoms. The second-order valence-corrected chi connectivity index (χ2v) is 8.03. The van der Waals surface area contributed by atoms with Crippen molar-refractivity contribution in [1.82, 2.24) is 20.5 Å². The van der Waals surface area contributed by atoms with Crippen LogP contribution in [0.2, 0.25) is 0 Å². The minimum atomic E-state index is 0.247. The largest absolute Gasteiger partial charge is 0.478 e. The Morgan fingerprint density at radius 3 is 2.79 bits per heavy atom. The van der Waals surface area contributed by atoms with Gasteiger partial charge >= 0.3 is 0 Å². The number of hydrogen-bond donors (Lipinski definition) is 2. The fourth-order valence-electron chi connectivity index (χ4n) is 4.07. The zero-order valence-corrected chi connectivity index (χ0v) is 17.8. The summed E-state index contributed by atoms with van der Waals surface area (Å²) < 4.78 is 5.52. The monoisotopic (exact) mass is 401 g/mol. The number of carbonyl (C=O) groups is 1. The molecule has 3 rings (SSSR count). The fraction of sp³-hybridized carbons (Fsp3) is 0.682. The van der Waals surface area contributed by atoms with Crippen molar-refractivity contribution in [3.05, 3.63) is 23.9 Å². The van der Waals surface area contributed by atoms with E-state index >= 15 is 0 Å². The van der Waals surface area contributed by atoms with Crippen LogP contribution in [0.5, 0.6) is 5.88 Å².